The van der Waals surface area contributed by atoms with Crippen LogP contribution in [-0.2, 0) is 0 Å². The van der Waals surface area contributed by atoms with Crippen molar-refractivity contribution < 1.29 is 0 Å². The third-order valence-corrected chi connectivity index (χ3v) is 3.68. The molecule has 0 atom stereocenters. The predicted molar refractivity (Wildman–Crippen MR) is 78.9 cm³/mol. The lowest BCUT2D eigenvalue weighted by atomic mass is 10.1. The van der Waals surface area contributed by atoms with E-state index in [9.17, 15) is 0 Å². The summed E-state index contributed by atoms with van der Waals surface area (Å²) < 4.78 is 0. The number of rotatable bonds is 2. The number of halogens is 1. The first-order valence-corrected chi connectivity index (χ1v) is 7.19. The Kier molecular flexibility index (Phi) is 3.78. The Morgan fingerprint density at radius 2 is 1.90 bits per heavy atom. The molecule has 20 heavy (non-hydrogen) atoms. The highest BCUT2D eigenvalue weighted by molar-refractivity contribution is 6.28. The number of pyridine rings is 1. The minimum atomic E-state index is 0.235. The summed E-state index contributed by atoms with van der Waals surface area (Å²) in [5.74, 6) is 1.26. The monoisotopic (exact) mass is 289 g/mol. The van der Waals surface area contributed by atoms with Crippen molar-refractivity contribution in [1.82, 2.24) is 19.9 Å². The SMILES string of the molecule is Cc1ccncc1-c1nc(Cl)nc(N2CCCCC2)n1. The maximum Gasteiger partial charge on any atom is 0.230 e. The van der Waals surface area contributed by atoms with E-state index in [1.165, 1.54) is 19.3 Å². The molecule has 2 aromatic rings. The van der Waals surface area contributed by atoms with Crippen molar-refractivity contribution in [2.24, 2.45) is 0 Å². The molecule has 1 fully saturated rings. The molecular formula is C14H16ClN5. The maximum absolute atomic E-state index is 6.06. The molecule has 5 nitrogen and oxygen atoms in total. The first kappa shape index (κ1) is 13.2. The second-order valence-electron chi connectivity index (χ2n) is 4.97. The number of anilines is 1. The van der Waals surface area contributed by atoms with E-state index in [2.05, 4.69) is 24.8 Å². The Morgan fingerprint density at radius 1 is 1.10 bits per heavy atom. The summed E-state index contributed by atoms with van der Waals surface area (Å²) in [5.41, 5.74) is 1.97. The molecule has 1 aliphatic rings. The van der Waals surface area contributed by atoms with Gasteiger partial charge in [0.1, 0.15) is 0 Å². The average Bonchev–Trinajstić information content (AvgIpc) is 2.48. The van der Waals surface area contributed by atoms with Crippen molar-refractivity contribution in [2.75, 3.05) is 18.0 Å². The van der Waals surface area contributed by atoms with E-state index in [0.29, 0.717) is 11.8 Å². The quantitative estimate of drug-likeness (QED) is 0.851. The minimum Gasteiger partial charge on any atom is -0.341 e. The number of aromatic nitrogens is 4. The van der Waals surface area contributed by atoms with Crippen LogP contribution >= 0.6 is 11.6 Å². The zero-order chi connectivity index (χ0) is 13.9. The van der Waals surface area contributed by atoms with Gasteiger partial charge in [-0.15, -0.1) is 0 Å². The van der Waals surface area contributed by atoms with E-state index in [0.717, 1.165) is 24.2 Å². The number of hydrogen-bond acceptors (Lipinski definition) is 5. The molecule has 3 heterocycles. The summed E-state index contributed by atoms with van der Waals surface area (Å²) in [6, 6.07) is 1.94. The molecule has 0 aromatic carbocycles. The highest BCUT2D eigenvalue weighted by Crippen LogP contribution is 2.23. The van der Waals surface area contributed by atoms with Crippen molar-refractivity contribution in [2.45, 2.75) is 26.2 Å². The summed E-state index contributed by atoms with van der Waals surface area (Å²) in [7, 11) is 0. The summed E-state index contributed by atoms with van der Waals surface area (Å²) >= 11 is 6.06. The Bertz CT molecular complexity index is 610. The van der Waals surface area contributed by atoms with Crippen LogP contribution in [0.2, 0.25) is 5.28 Å². The lowest BCUT2D eigenvalue weighted by Crippen LogP contribution is -2.31. The van der Waals surface area contributed by atoms with Gasteiger partial charge in [-0.05, 0) is 49.4 Å². The van der Waals surface area contributed by atoms with Crippen molar-refractivity contribution in [1.29, 1.82) is 0 Å². The van der Waals surface area contributed by atoms with Crippen LogP contribution in [0.5, 0.6) is 0 Å². The topological polar surface area (TPSA) is 54.8 Å². The van der Waals surface area contributed by atoms with Crippen LogP contribution in [0, 0.1) is 6.92 Å². The molecule has 0 unspecified atom stereocenters. The highest BCUT2D eigenvalue weighted by Gasteiger charge is 2.17. The normalized spacial score (nSPS) is 15.4. The van der Waals surface area contributed by atoms with E-state index in [1.54, 1.807) is 12.4 Å². The Balaban J connectivity index is 2.00. The molecule has 0 saturated carbocycles. The lowest BCUT2D eigenvalue weighted by Gasteiger charge is -2.26. The van der Waals surface area contributed by atoms with Gasteiger partial charge in [-0.1, -0.05) is 0 Å². The molecule has 3 rings (SSSR count). The molecule has 2 aromatic heterocycles. The molecule has 0 bridgehead atoms. The van der Waals surface area contributed by atoms with Crippen molar-refractivity contribution in [3.05, 3.63) is 29.3 Å². The fourth-order valence-electron chi connectivity index (χ4n) is 2.39. The first-order chi connectivity index (χ1) is 9.74. The molecule has 1 saturated heterocycles. The van der Waals surface area contributed by atoms with Gasteiger partial charge in [-0.25, -0.2) is 0 Å². The van der Waals surface area contributed by atoms with Crippen LogP contribution in [0.1, 0.15) is 24.8 Å². The standard InChI is InChI=1S/C14H16ClN5/c1-10-5-6-16-9-11(10)12-17-13(15)19-14(18-12)20-7-3-2-4-8-20/h5-6,9H,2-4,7-8H2,1H3. The average molecular weight is 290 g/mol. The van der Waals surface area contributed by atoms with E-state index in [4.69, 9.17) is 11.6 Å². The number of hydrogen-bond donors (Lipinski definition) is 0. The summed E-state index contributed by atoms with van der Waals surface area (Å²) in [6.07, 6.45) is 7.13. The van der Waals surface area contributed by atoms with E-state index >= 15 is 0 Å². The zero-order valence-electron chi connectivity index (χ0n) is 11.4. The summed E-state index contributed by atoms with van der Waals surface area (Å²) in [6.45, 7) is 3.97. The van der Waals surface area contributed by atoms with Crippen LogP contribution in [0.4, 0.5) is 5.95 Å². The minimum absolute atomic E-state index is 0.235. The summed E-state index contributed by atoms with van der Waals surface area (Å²) in [4.78, 5) is 19.4. The maximum atomic E-state index is 6.06. The number of aryl methyl sites for hydroxylation is 1. The smallest absolute Gasteiger partial charge is 0.230 e. The largest absolute Gasteiger partial charge is 0.341 e. The van der Waals surface area contributed by atoms with Crippen LogP contribution in [-0.4, -0.2) is 33.0 Å². The van der Waals surface area contributed by atoms with Crippen LogP contribution in [0.25, 0.3) is 11.4 Å². The fraction of sp³-hybridized carbons (Fsp3) is 0.429. The number of nitrogens with zero attached hydrogens (tertiary/aromatic N) is 5. The van der Waals surface area contributed by atoms with Gasteiger partial charge in [0.25, 0.3) is 0 Å². The second kappa shape index (κ2) is 5.71. The van der Waals surface area contributed by atoms with Crippen molar-refractivity contribution in [3.63, 3.8) is 0 Å². The predicted octanol–water partition coefficient (Wildman–Crippen LogP) is 2.89. The van der Waals surface area contributed by atoms with Crippen molar-refractivity contribution in [3.8, 4) is 11.4 Å². The zero-order valence-corrected chi connectivity index (χ0v) is 12.1. The lowest BCUT2D eigenvalue weighted by molar-refractivity contribution is 0.567. The van der Waals surface area contributed by atoms with Gasteiger partial charge in [0.15, 0.2) is 5.82 Å². The van der Waals surface area contributed by atoms with Crippen LogP contribution < -0.4 is 4.90 Å². The van der Waals surface area contributed by atoms with Gasteiger partial charge in [0.05, 0.1) is 0 Å². The molecule has 0 spiro atoms. The molecule has 1 aliphatic heterocycles. The molecule has 6 heteroatoms. The van der Waals surface area contributed by atoms with Gasteiger partial charge in [-0.2, -0.15) is 15.0 Å². The van der Waals surface area contributed by atoms with Gasteiger partial charge < -0.3 is 4.90 Å². The van der Waals surface area contributed by atoms with Gasteiger partial charge >= 0.3 is 0 Å². The van der Waals surface area contributed by atoms with Crippen molar-refractivity contribution >= 4 is 17.5 Å². The molecule has 0 amide bonds. The van der Waals surface area contributed by atoms with E-state index in [-0.39, 0.29) is 5.28 Å². The third-order valence-electron chi connectivity index (χ3n) is 3.52. The fourth-order valence-corrected chi connectivity index (χ4v) is 2.55. The molecule has 0 radical (unpaired) electrons. The van der Waals surface area contributed by atoms with Gasteiger partial charge in [-0.3, -0.25) is 4.98 Å². The summed E-state index contributed by atoms with van der Waals surface area (Å²) in [5, 5.41) is 0.235. The Morgan fingerprint density at radius 3 is 2.65 bits per heavy atom. The second-order valence-corrected chi connectivity index (χ2v) is 5.30. The first-order valence-electron chi connectivity index (χ1n) is 6.81. The van der Waals surface area contributed by atoms with Crippen LogP contribution in [0.15, 0.2) is 18.5 Å². The van der Waals surface area contributed by atoms with Gasteiger partial charge in [0.2, 0.25) is 11.2 Å². The highest BCUT2D eigenvalue weighted by atomic mass is 35.5. The molecule has 0 aliphatic carbocycles. The molecular weight excluding hydrogens is 274 g/mol. The molecule has 104 valence electrons. The van der Waals surface area contributed by atoms with Crippen LogP contribution in [0.3, 0.4) is 0 Å². The Labute approximate surface area is 123 Å². The van der Waals surface area contributed by atoms with E-state index in [1.807, 2.05) is 13.0 Å². The molecule has 0 N–H and O–H groups in total. The third kappa shape index (κ3) is 2.72. The number of piperidine rings is 1. The van der Waals surface area contributed by atoms with Gasteiger partial charge in [0, 0.05) is 31.0 Å². The van der Waals surface area contributed by atoms with E-state index < -0.39 is 0 Å². The Hall–Kier alpha value is -1.75.